The molecule has 4 heteroatoms. The Bertz CT molecular complexity index is 941. The number of benzene rings is 3. The van der Waals surface area contributed by atoms with Gasteiger partial charge in [0, 0.05) is 12.1 Å². The van der Waals surface area contributed by atoms with E-state index in [1.54, 1.807) is 14.2 Å². The van der Waals surface area contributed by atoms with E-state index < -0.39 is 0 Å². The average Bonchev–Trinajstić information content (AvgIpc) is 3.18. The van der Waals surface area contributed by atoms with E-state index in [1.165, 1.54) is 11.1 Å². The van der Waals surface area contributed by atoms with Gasteiger partial charge in [-0.15, -0.1) is 0 Å². The molecule has 1 aliphatic heterocycles. The van der Waals surface area contributed by atoms with Crippen LogP contribution in [0, 0.1) is 0 Å². The maximum Gasteiger partial charge on any atom is 0.124 e. The van der Waals surface area contributed by atoms with Gasteiger partial charge in [-0.2, -0.15) is 0 Å². The van der Waals surface area contributed by atoms with Crippen LogP contribution in [-0.4, -0.2) is 25.5 Å². The third-order valence-electron chi connectivity index (χ3n) is 5.15. The molecule has 3 aromatic rings. The molecule has 1 aliphatic rings. The van der Waals surface area contributed by atoms with E-state index in [1.807, 2.05) is 36.7 Å². The molecular formula is C24H24N2O2. The quantitative estimate of drug-likeness (QED) is 0.608. The van der Waals surface area contributed by atoms with E-state index in [9.17, 15) is 0 Å². The van der Waals surface area contributed by atoms with E-state index in [4.69, 9.17) is 14.5 Å². The van der Waals surface area contributed by atoms with Crippen LogP contribution in [0.4, 0.5) is 0 Å². The van der Waals surface area contributed by atoms with Crippen molar-refractivity contribution in [1.29, 1.82) is 0 Å². The van der Waals surface area contributed by atoms with Crippen LogP contribution in [0.2, 0.25) is 0 Å². The van der Waals surface area contributed by atoms with Gasteiger partial charge in [0.25, 0.3) is 0 Å². The average molecular weight is 372 g/mol. The molecule has 0 bridgehead atoms. The Kier molecular flexibility index (Phi) is 5.29. The lowest BCUT2D eigenvalue weighted by Gasteiger charge is -2.29. The number of nitrogens with zero attached hydrogens (tertiary/aromatic N) is 2. The van der Waals surface area contributed by atoms with Crippen molar-refractivity contribution in [2.45, 2.75) is 18.6 Å². The normalized spacial score (nSPS) is 18.3. The predicted octanol–water partition coefficient (Wildman–Crippen LogP) is 5.03. The lowest BCUT2D eigenvalue weighted by molar-refractivity contribution is 0.303. The van der Waals surface area contributed by atoms with Gasteiger partial charge in [0.05, 0.1) is 26.6 Å². The molecule has 0 saturated carbocycles. The number of methoxy groups -OCH3 is 2. The molecule has 4 nitrogen and oxygen atoms in total. The summed E-state index contributed by atoms with van der Waals surface area (Å²) in [7, 11) is 3.38. The first-order valence-electron chi connectivity index (χ1n) is 9.40. The second-order valence-electron chi connectivity index (χ2n) is 6.83. The fourth-order valence-electron chi connectivity index (χ4n) is 3.78. The first kappa shape index (κ1) is 18.1. The maximum atomic E-state index is 5.58. The Labute approximate surface area is 166 Å². The van der Waals surface area contributed by atoms with Crippen molar-refractivity contribution >= 4 is 6.34 Å². The molecule has 0 N–H and O–H groups in total. The molecule has 0 aliphatic carbocycles. The van der Waals surface area contributed by atoms with Gasteiger partial charge in [0.1, 0.15) is 17.5 Å². The number of rotatable bonds is 6. The lowest BCUT2D eigenvalue weighted by atomic mass is 9.93. The van der Waals surface area contributed by atoms with Crippen LogP contribution < -0.4 is 9.47 Å². The highest BCUT2D eigenvalue weighted by molar-refractivity contribution is 5.61. The van der Waals surface area contributed by atoms with Crippen LogP contribution in [0.5, 0.6) is 11.5 Å². The van der Waals surface area contributed by atoms with Crippen LogP contribution in [-0.2, 0) is 6.54 Å². The minimum absolute atomic E-state index is 0.0557. The SMILES string of the molecule is COc1ccc(OC)c(CN2C=NC(c3ccccc3)C2c2ccccc2)c1. The van der Waals surface area contributed by atoms with Crippen molar-refractivity contribution in [3.63, 3.8) is 0 Å². The Hall–Kier alpha value is -3.27. The van der Waals surface area contributed by atoms with Crippen molar-refractivity contribution in [3.05, 3.63) is 95.6 Å². The molecule has 3 aromatic carbocycles. The van der Waals surface area contributed by atoms with E-state index in [0.717, 1.165) is 17.1 Å². The molecule has 2 unspecified atom stereocenters. The zero-order chi connectivity index (χ0) is 19.3. The molecule has 142 valence electrons. The third-order valence-corrected chi connectivity index (χ3v) is 5.15. The second kappa shape index (κ2) is 8.17. The zero-order valence-electron chi connectivity index (χ0n) is 16.2. The van der Waals surface area contributed by atoms with Crippen LogP contribution in [0.25, 0.3) is 0 Å². The smallest absolute Gasteiger partial charge is 0.124 e. The number of ether oxygens (including phenoxy) is 2. The van der Waals surface area contributed by atoms with Crippen LogP contribution in [0.1, 0.15) is 28.8 Å². The van der Waals surface area contributed by atoms with E-state index >= 15 is 0 Å². The van der Waals surface area contributed by atoms with Crippen molar-refractivity contribution in [2.24, 2.45) is 4.99 Å². The lowest BCUT2D eigenvalue weighted by Crippen LogP contribution is -2.25. The topological polar surface area (TPSA) is 34.1 Å². The Morgan fingerprint density at radius 2 is 1.50 bits per heavy atom. The molecule has 0 saturated heterocycles. The summed E-state index contributed by atoms with van der Waals surface area (Å²) in [6, 6.07) is 27.1. The summed E-state index contributed by atoms with van der Waals surface area (Å²) in [5, 5.41) is 0. The van der Waals surface area contributed by atoms with E-state index in [0.29, 0.717) is 6.54 Å². The summed E-state index contributed by atoms with van der Waals surface area (Å²) in [6.07, 6.45) is 1.97. The molecule has 28 heavy (non-hydrogen) atoms. The highest BCUT2D eigenvalue weighted by Gasteiger charge is 2.33. The van der Waals surface area contributed by atoms with Gasteiger partial charge in [-0.3, -0.25) is 4.99 Å². The molecular weight excluding hydrogens is 348 g/mol. The first-order valence-corrected chi connectivity index (χ1v) is 9.40. The summed E-state index contributed by atoms with van der Waals surface area (Å²) < 4.78 is 11.0. The molecule has 0 fully saturated rings. The molecule has 2 atom stereocenters. The molecule has 4 rings (SSSR count). The highest BCUT2D eigenvalue weighted by Crippen LogP contribution is 2.41. The first-order chi connectivity index (χ1) is 13.8. The number of hydrogen-bond donors (Lipinski definition) is 0. The molecule has 0 radical (unpaired) electrons. The Balaban J connectivity index is 1.69. The van der Waals surface area contributed by atoms with Crippen molar-refractivity contribution in [2.75, 3.05) is 14.2 Å². The van der Waals surface area contributed by atoms with Crippen LogP contribution in [0.3, 0.4) is 0 Å². The minimum atomic E-state index is 0.0557. The summed E-state index contributed by atoms with van der Waals surface area (Å²) >= 11 is 0. The molecule has 0 aromatic heterocycles. The summed E-state index contributed by atoms with van der Waals surface area (Å²) in [5.41, 5.74) is 3.53. The van der Waals surface area contributed by atoms with Crippen molar-refractivity contribution < 1.29 is 9.47 Å². The van der Waals surface area contributed by atoms with Gasteiger partial charge in [-0.25, -0.2) is 0 Å². The fourth-order valence-corrected chi connectivity index (χ4v) is 3.78. The summed E-state index contributed by atoms with van der Waals surface area (Å²) in [6.45, 7) is 0.687. The van der Waals surface area contributed by atoms with Gasteiger partial charge < -0.3 is 14.4 Å². The van der Waals surface area contributed by atoms with Gasteiger partial charge in [0.15, 0.2) is 0 Å². The van der Waals surface area contributed by atoms with E-state index in [2.05, 4.69) is 53.4 Å². The van der Waals surface area contributed by atoms with Gasteiger partial charge in [0.2, 0.25) is 0 Å². The molecule has 1 heterocycles. The monoisotopic (exact) mass is 372 g/mol. The van der Waals surface area contributed by atoms with Gasteiger partial charge in [-0.1, -0.05) is 60.7 Å². The standard InChI is InChI=1S/C24H24N2O2/c1-27-21-13-14-22(28-2)20(15-21)16-26-17-25-23(18-9-5-3-6-10-18)24(26)19-11-7-4-8-12-19/h3-15,17,23-24H,16H2,1-2H3. The van der Waals surface area contributed by atoms with Gasteiger partial charge in [-0.05, 0) is 29.3 Å². The summed E-state index contributed by atoms with van der Waals surface area (Å²) in [5.74, 6) is 1.67. The van der Waals surface area contributed by atoms with E-state index in [-0.39, 0.29) is 12.1 Å². The van der Waals surface area contributed by atoms with Gasteiger partial charge >= 0.3 is 0 Å². The van der Waals surface area contributed by atoms with Crippen LogP contribution >= 0.6 is 0 Å². The number of aliphatic imine (C=N–C) groups is 1. The molecule has 0 amide bonds. The maximum absolute atomic E-state index is 5.58. The predicted molar refractivity (Wildman–Crippen MR) is 112 cm³/mol. The molecule has 0 spiro atoms. The van der Waals surface area contributed by atoms with Crippen molar-refractivity contribution in [1.82, 2.24) is 4.90 Å². The second-order valence-corrected chi connectivity index (χ2v) is 6.83. The summed E-state index contributed by atoms with van der Waals surface area (Å²) in [4.78, 5) is 7.15. The highest BCUT2D eigenvalue weighted by atomic mass is 16.5. The third kappa shape index (κ3) is 3.58. The largest absolute Gasteiger partial charge is 0.497 e. The Morgan fingerprint density at radius 3 is 2.14 bits per heavy atom. The minimum Gasteiger partial charge on any atom is -0.497 e. The van der Waals surface area contributed by atoms with Crippen molar-refractivity contribution in [3.8, 4) is 11.5 Å². The number of hydrogen-bond acceptors (Lipinski definition) is 4. The zero-order valence-corrected chi connectivity index (χ0v) is 16.2. The Morgan fingerprint density at radius 1 is 0.821 bits per heavy atom. The fraction of sp³-hybridized carbons (Fsp3) is 0.208. The van der Waals surface area contributed by atoms with Crippen LogP contribution in [0.15, 0.2) is 83.9 Å².